The molecule has 2 aromatic rings. The first-order valence-electron chi connectivity index (χ1n) is 7.20. The summed E-state index contributed by atoms with van der Waals surface area (Å²) >= 11 is 0. The van der Waals surface area contributed by atoms with E-state index in [1.165, 1.54) is 25.1 Å². The molecule has 0 radical (unpaired) electrons. The molecule has 2 nitrogen and oxygen atoms in total. The average molecular weight is 265 g/mol. The van der Waals surface area contributed by atoms with Gasteiger partial charge >= 0.3 is 0 Å². The van der Waals surface area contributed by atoms with Crippen molar-refractivity contribution in [2.75, 3.05) is 13.1 Å². The Bertz CT molecular complexity index is 570. The number of carbonyl (C=O) groups excluding carboxylic acids is 1. The van der Waals surface area contributed by atoms with Gasteiger partial charge in [-0.25, -0.2) is 0 Å². The second kappa shape index (κ2) is 6.02. The number of likely N-dealkylation sites (tertiary alicyclic amines) is 1. The van der Waals surface area contributed by atoms with Crippen molar-refractivity contribution in [1.29, 1.82) is 0 Å². The molecule has 1 fully saturated rings. The third-order valence-corrected chi connectivity index (χ3v) is 3.84. The molecule has 102 valence electrons. The standard InChI is InChI=1S/C18H19NO/c20-18(13-15-5-2-1-3-6-15)17-9-7-16(8-10-17)14-19-11-4-12-19/h1-3,5-10H,4,11-14H2. The van der Waals surface area contributed by atoms with Crippen molar-refractivity contribution < 1.29 is 4.79 Å². The molecule has 2 aromatic carbocycles. The van der Waals surface area contributed by atoms with Gasteiger partial charge in [0.2, 0.25) is 0 Å². The highest BCUT2D eigenvalue weighted by Gasteiger charge is 2.14. The fourth-order valence-corrected chi connectivity index (χ4v) is 2.48. The van der Waals surface area contributed by atoms with Gasteiger partial charge in [-0.3, -0.25) is 9.69 Å². The van der Waals surface area contributed by atoms with Crippen LogP contribution in [0.15, 0.2) is 54.6 Å². The zero-order valence-electron chi connectivity index (χ0n) is 11.6. The molecular weight excluding hydrogens is 246 g/mol. The van der Waals surface area contributed by atoms with Crippen LogP contribution in [0.3, 0.4) is 0 Å². The summed E-state index contributed by atoms with van der Waals surface area (Å²) < 4.78 is 0. The van der Waals surface area contributed by atoms with Crippen LogP contribution >= 0.6 is 0 Å². The van der Waals surface area contributed by atoms with E-state index in [0.717, 1.165) is 17.7 Å². The summed E-state index contributed by atoms with van der Waals surface area (Å²) in [5, 5.41) is 0. The molecule has 0 aromatic heterocycles. The summed E-state index contributed by atoms with van der Waals surface area (Å²) in [5.41, 5.74) is 3.17. The van der Waals surface area contributed by atoms with Crippen LogP contribution in [0.5, 0.6) is 0 Å². The van der Waals surface area contributed by atoms with Gasteiger partial charge in [-0.1, -0.05) is 54.6 Å². The number of Topliss-reactive ketones (excluding diaryl/α,β-unsaturated/α-hetero) is 1. The Balaban J connectivity index is 1.63. The predicted molar refractivity (Wildman–Crippen MR) is 80.8 cm³/mol. The maximum atomic E-state index is 12.2. The fraction of sp³-hybridized carbons (Fsp3) is 0.278. The molecule has 0 spiro atoms. The minimum Gasteiger partial charge on any atom is -0.299 e. The number of carbonyl (C=O) groups is 1. The highest BCUT2D eigenvalue weighted by Crippen LogP contribution is 2.14. The molecule has 1 heterocycles. The Hall–Kier alpha value is -1.93. The van der Waals surface area contributed by atoms with E-state index < -0.39 is 0 Å². The van der Waals surface area contributed by atoms with Crippen molar-refractivity contribution >= 4 is 5.78 Å². The minimum absolute atomic E-state index is 0.187. The predicted octanol–water partition coefficient (Wildman–Crippen LogP) is 3.32. The summed E-state index contributed by atoms with van der Waals surface area (Å²) in [6.45, 7) is 3.41. The molecular formula is C18H19NO. The first kappa shape index (κ1) is 13.1. The summed E-state index contributed by atoms with van der Waals surface area (Å²) in [4.78, 5) is 14.6. The Labute approximate surface area is 120 Å². The van der Waals surface area contributed by atoms with Gasteiger partial charge < -0.3 is 0 Å². The quantitative estimate of drug-likeness (QED) is 0.773. The second-order valence-electron chi connectivity index (χ2n) is 5.41. The summed E-state index contributed by atoms with van der Waals surface area (Å²) in [6, 6.07) is 18.0. The Morgan fingerprint density at radius 1 is 0.900 bits per heavy atom. The smallest absolute Gasteiger partial charge is 0.167 e. The molecule has 1 aliphatic heterocycles. The molecule has 0 amide bonds. The first-order valence-corrected chi connectivity index (χ1v) is 7.20. The molecule has 0 atom stereocenters. The van der Waals surface area contributed by atoms with Gasteiger partial charge in [-0.2, -0.15) is 0 Å². The van der Waals surface area contributed by atoms with Crippen LogP contribution < -0.4 is 0 Å². The Morgan fingerprint density at radius 3 is 2.20 bits per heavy atom. The van der Waals surface area contributed by atoms with E-state index in [9.17, 15) is 4.79 Å². The van der Waals surface area contributed by atoms with Crippen LogP contribution in [0.1, 0.15) is 27.9 Å². The maximum Gasteiger partial charge on any atom is 0.167 e. The van der Waals surface area contributed by atoms with Crippen LogP contribution in [-0.4, -0.2) is 23.8 Å². The van der Waals surface area contributed by atoms with Crippen LogP contribution in [0, 0.1) is 0 Å². The minimum atomic E-state index is 0.187. The molecule has 1 aliphatic rings. The lowest BCUT2D eigenvalue weighted by atomic mass is 10.0. The molecule has 0 N–H and O–H groups in total. The number of nitrogens with zero attached hydrogens (tertiary/aromatic N) is 1. The summed E-state index contributed by atoms with van der Waals surface area (Å²) in [5.74, 6) is 0.187. The van der Waals surface area contributed by atoms with E-state index in [1.54, 1.807) is 0 Å². The molecule has 0 aliphatic carbocycles. The van der Waals surface area contributed by atoms with Crippen LogP contribution in [0.4, 0.5) is 0 Å². The Morgan fingerprint density at radius 2 is 1.60 bits per heavy atom. The maximum absolute atomic E-state index is 12.2. The SMILES string of the molecule is O=C(Cc1ccccc1)c1ccc(CN2CCC2)cc1. The number of ketones is 1. The molecule has 0 saturated carbocycles. The number of rotatable bonds is 5. The number of hydrogen-bond acceptors (Lipinski definition) is 2. The third-order valence-electron chi connectivity index (χ3n) is 3.84. The topological polar surface area (TPSA) is 20.3 Å². The molecule has 1 saturated heterocycles. The van der Waals surface area contributed by atoms with Crippen molar-refractivity contribution in [3.63, 3.8) is 0 Å². The van der Waals surface area contributed by atoms with E-state index in [-0.39, 0.29) is 5.78 Å². The zero-order chi connectivity index (χ0) is 13.8. The van der Waals surface area contributed by atoms with E-state index in [1.807, 2.05) is 42.5 Å². The molecule has 0 bridgehead atoms. The number of hydrogen-bond donors (Lipinski definition) is 0. The van der Waals surface area contributed by atoms with E-state index in [0.29, 0.717) is 6.42 Å². The zero-order valence-corrected chi connectivity index (χ0v) is 11.6. The normalized spacial score (nSPS) is 14.8. The van der Waals surface area contributed by atoms with Crippen LogP contribution in [0.2, 0.25) is 0 Å². The highest BCUT2D eigenvalue weighted by molar-refractivity contribution is 5.97. The monoisotopic (exact) mass is 265 g/mol. The van der Waals surface area contributed by atoms with Crippen molar-refractivity contribution in [1.82, 2.24) is 4.90 Å². The molecule has 3 rings (SSSR count). The van der Waals surface area contributed by atoms with Gasteiger partial charge in [-0.05, 0) is 30.6 Å². The molecule has 0 unspecified atom stereocenters. The second-order valence-corrected chi connectivity index (χ2v) is 5.41. The largest absolute Gasteiger partial charge is 0.299 e. The van der Waals surface area contributed by atoms with Gasteiger partial charge in [0.25, 0.3) is 0 Å². The van der Waals surface area contributed by atoms with E-state index >= 15 is 0 Å². The molecule has 20 heavy (non-hydrogen) atoms. The van der Waals surface area contributed by atoms with Gasteiger partial charge in [0, 0.05) is 18.5 Å². The lowest BCUT2D eigenvalue weighted by molar-refractivity contribution is 0.0993. The van der Waals surface area contributed by atoms with Gasteiger partial charge in [0.05, 0.1) is 0 Å². The van der Waals surface area contributed by atoms with Gasteiger partial charge in [-0.15, -0.1) is 0 Å². The summed E-state index contributed by atoms with van der Waals surface area (Å²) in [7, 11) is 0. The Kier molecular flexibility index (Phi) is 3.93. The van der Waals surface area contributed by atoms with Gasteiger partial charge in [0.1, 0.15) is 0 Å². The number of benzene rings is 2. The summed E-state index contributed by atoms with van der Waals surface area (Å²) in [6.07, 6.45) is 1.79. The van der Waals surface area contributed by atoms with Crippen molar-refractivity contribution in [3.8, 4) is 0 Å². The average Bonchev–Trinajstić information content (AvgIpc) is 2.44. The molecule has 2 heteroatoms. The van der Waals surface area contributed by atoms with Crippen molar-refractivity contribution in [3.05, 3.63) is 71.3 Å². The third kappa shape index (κ3) is 3.14. The lowest BCUT2D eigenvalue weighted by Crippen LogP contribution is -2.36. The van der Waals surface area contributed by atoms with Crippen molar-refractivity contribution in [2.45, 2.75) is 19.4 Å². The highest BCUT2D eigenvalue weighted by atomic mass is 16.1. The van der Waals surface area contributed by atoms with E-state index in [4.69, 9.17) is 0 Å². The van der Waals surface area contributed by atoms with Gasteiger partial charge in [0.15, 0.2) is 5.78 Å². The first-order chi connectivity index (χ1) is 9.81. The lowest BCUT2D eigenvalue weighted by Gasteiger charge is -2.30. The van der Waals surface area contributed by atoms with Crippen LogP contribution in [0.25, 0.3) is 0 Å². The van der Waals surface area contributed by atoms with Crippen LogP contribution in [-0.2, 0) is 13.0 Å². The fourth-order valence-electron chi connectivity index (χ4n) is 2.48. The van der Waals surface area contributed by atoms with E-state index in [2.05, 4.69) is 17.0 Å². The van der Waals surface area contributed by atoms with Crippen molar-refractivity contribution in [2.24, 2.45) is 0 Å².